The maximum absolute atomic E-state index is 13.9. The molecule has 4 nitrogen and oxygen atoms in total. The molecule has 0 aliphatic rings. The van der Waals surface area contributed by atoms with Gasteiger partial charge in [-0.15, -0.1) is 0 Å². The molecule has 0 aliphatic heterocycles. The first-order valence-corrected chi connectivity index (χ1v) is 6.89. The molecule has 0 saturated heterocycles. The van der Waals surface area contributed by atoms with Gasteiger partial charge in [0.1, 0.15) is 10.8 Å². The van der Waals surface area contributed by atoms with Crippen molar-refractivity contribution < 1.29 is 9.18 Å². The number of carbonyl (C=O) groups excluding carboxylic acids is 1. The fourth-order valence-corrected chi connectivity index (χ4v) is 1.99. The van der Waals surface area contributed by atoms with Crippen molar-refractivity contribution in [1.82, 2.24) is 5.32 Å². The standard InChI is InChI=1S/C14H20FN3OS/c1-4-18(8-13(19)17-9(2)3)10-5-6-11(14(16)20)12(15)7-10/h5-7,9H,4,8H2,1-3H3,(H2,16,20)(H,17,19). The summed E-state index contributed by atoms with van der Waals surface area (Å²) in [5.41, 5.74) is 6.27. The molecule has 0 bridgehead atoms. The zero-order valence-electron chi connectivity index (χ0n) is 11.9. The zero-order valence-corrected chi connectivity index (χ0v) is 12.8. The average molecular weight is 297 g/mol. The van der Waals surface area contributed by atoms with Crippen LogP contribution in [0.4, 0.5) is 10.1 Å². The van der Waals surface area contributed by atoms with E-state index in [1.807, 2.05) is 20.8 Å². The molecular formula is C14H20FN3OS. The van der Waals surface area contributed by atoms with E-state index in [0.29, 0.717) is 12.2 Å². The Morgan fingerprint density at radius 2 is 2.15 bits per heavy atom. The number of benzene rings is 1. The Kier molecular flexibility index (Phi) is 5.88. The van der Waals surface area contributed by atoms with Crippen molar-refractivity contribution >= 4 is 28.8 Å². The predicted octanol–water partition coefficient (Wildman–Crippen LogP) is 1.81. The van der Waals surface area contributed by atoms with Crippen LogP contribution in [0.25, 0.3) is 0 Å². The Balaban J connectivity index is 2.88. The predicted molar refractivity (Wildman–Crippen MR) is 83.5 cm³/mol. The number of amides is 1. The molecule has 6 heteroatoms. The molecule has 20 heavy (non-hydrogen) atoms. The maximum atomic E-state index is 13.9. The summed E-state index contributed by atoms with van der Waals surface area (Å²) in [6, 6.07) is 4.68. The summed E-state index contributed by atoms with van der Waals surface area (Å²) in [4.78, 5) is 13.6. The van der Waals surface area contributed by atoms with Gasteiger partial charge in [-0.3, -0.25) is 4.79 Å². The van der Waals surface area contributed by atoms with E-state index in [0.717, 1.165) is 0 Å². The molecule has 0 atom stereocenters. The minimum atomic E-state index is -0.474. The fraction of sp³-hybridized carbons (Fsp3) is 0.429. The van der Waals surface area contributed by atoms with Crippen LogP contribution < -0.4 is 16.0 Å². The number of hydrogen-bond acceptors (Lipinski definition) is 3. The van der Waals surface area contributed by atoms with Crippen LogP contribution in [-0.4, -0.2) is 30.0 Å². The van der Waals surface area contributed by atoms with Crippen molar-refractivity contribution in [1.29, 1.82) is 0 Å². The van der Waals surface area contributed by atoms with Crippen LogP contribution in [0, 0.1) is 5.82 Å². The van der Waals surface area contributed by atoms with Gasteiger partial charge in [-0.2, -0.15) is 0 Å². The topological polar surface area (TPSA) is 58.4 Å². The largest absolute Gasteiger partial charge is 0.389 e. The third-order valence-corrected chi connectivity index (χ3v) is 2.97. The minimum Gasteiger partial charge on any atom is -0.389 e. The lowest BCUT2D eigenvalue weighted by Gasteiger charge is -2.23. The second-order valence-electron chi connectivity index (χ2n) is 4.76. The van der Waals surface area contributed by atoms with Gasteiger partial charge < -0.3 is 16.0 Å². The van der Waals surface area contributed by atoms with Crippen molar-refractivity contribution in [2.75, 3.05) is 18.0 Å². The molecule has 1 aromatic rings. The lowest BCUT2D eigenvalue weighted by Crippen LogP contribution is -2.40. The quantitative estimate of drug-likeness (QED) is 0.786. The number of nitrogens with one attached hydrogen (secondary N) is 1. The number of nitrogens with zero attached hydrogens (tertiary/aromatic N) is 1. The molecule has 1 rings (SSSR count). The van der Waals surface area contributed by atoms with Gasteiger partial charge in [-0.05, 0) is 39.0 Å². The smallest absolute Gasteiger partial charge is 0.239 e. The van der Waals surface area contributed by atoms with Gasteiger partial charge in [0, 0.05) is 23.8 Å². The number of carbonyl (C=O) groups is 1. The first kappa shape index (κ1) is 16.4. The van der Waals surface area contributed by atoms with Gasteiger partial charge in [0.15, 0.2) is 0 Å². The zero-order chi connectivity index (χ0) is 15.3. The van der Waals surface area contributed by atoms with Crippen molar-refractivity contribution in [3.63, 3.8) is 0 Å². The second-order valence-corrected chi connectivity index (χ2v) is 5.20. The van der Waals surface area contributed by atoms with Crippen molar-refractivity contribution in [3.8, 4) is 0 Å². The number of halogens is 1. The number of hydrogen-bond donors (Lipinski definition) is 2. The summed E-state index contributed by atoms with van der Waals surface area (Å²) in [6.07, 6.45) is 0. The van der Waals surface area contributed by atoms with Gasteiger partial charge in [0.2, 0.25) is 5.91 Å². The second kappa shape index (κ2) is 7.19. The van der Waals surface area contributed by atoms with Crippen LogP contribution in [0.2, 0.25) is 0 Å². The number of rotatable bonds is 6. The molecule has 0 heterocycles. The van der Waals surface area contributed by atoms with Crippen molar-refractivity contribution in [3.05, 3.63) is 29.6 Å². The van der Waals surface area contributed by atoms with E-state index in [1.54, 1.807) is 11.0 Å². The Morgan fingerprint density at radius 1 is 1.50 bits per heavy atom. The summed E-state index contributed by atoms with van der Waals surface area (Å²) in [6.45, 7) is 6.47. The van der Waals surface area contributed by atoms with Gasteiger partial charge >= 0.3 is 0 Å². The highest BCUT2D eigenvalue weighted by molar-refractivity contribution is 7.80. The SMILES string of the molecule is CCN(CC(=O)NC(C)C)c1ccc(C(N)=S)c(F)c1. The van der Waals surface area contributed by atoms with Crippen molar-refractivity contribution in [2.24, 2.45) is 5.73 Å². The summed E-state index contributed by atoms with van der Waals surface area (Å²) in [7, 11) is 0. The number of anilines is 1. The normalized spacial score (nSPS) is 10.4. The van der Waals surface area contributed by atoms with E-state index in [4.69, 9.17) is 18.0 Å². The monoisotopic (exact) mass is 297 g/mol. The molecular weight excluding hydrogens is 277 g/mol. The van der Waals surface area contributed by atoms with Crippen LogP contribution in [0.15, 0.2) is 18.2 Å². The lowest BCUT2D eigenvalue weighted by molar-refractivity contribution is -0.120. The molecule has 0 radical (unpaired) electrons. The molecule has 110 valence electrons. The first-order chi connectivity index (χ1) is 9.35. The molecule has 0 aromatic heterocycles. The van der Waals surface area contributed by atoms with Crippen LogP contribution in [-0.2, 0) is 4.79 Å². The highest BCUT2D eigenvalue weighted by atomic mass is 32.1. The molecule has 0 spiro atoms. The molecule has 0 unspecified atom stereocenters. The minimum absolute atomic E-state index is 0.0228. The van der Waals surface area contributed by atoms with Crippen LogP contribution in [0.1, 0.15) is 26.3 Å². The van der Waals surface area contributed by atoms with Crippen LogP contribution >= 0.6 is 12.2 Å². The number of thiocarbonyl (C=S) groups is 1. The Morgan fingerprint density at radius 3 is 2.60 bits per heavy atom. The van der Waals surface area contributed by atoms with E-state index in [1.165, 1.54) is 12.1 Å². The van der Waals surface area contributed by atoms with E-state index in [-0.39, 0.29) is 29.0 Å². The third kappa shape index (κ3) is 4.45. The average Bonchev–Trinajstić information content (AvgIpc) is 2.34. The third-order valence-electron chi connectivity index (χ3n) is 2.75. The highest BCUT2D eigenvalue weighted by Crippen LogP contribution is 2.18. The van der Waals surface area contributed by atoms with E-state index < -0.39 is 5.82 Å². The fourth-order valence-electron chi connectivity index (χ4n) is 1.83. The van der Waals surface area contributed by atoms with E-state index >= 15 is 0 Å². The van der Waals surface area contributed by atoms with Gasteiger partial charge in [0.05, 0.1) is 6.54 Å². The number of nitrogens with two attached hydrogens (primary N) is 1. The summed E-state index contributed by atoms with van der Waals surface area (Å²) < 4.78 is 13.9. The molecule has 0 fully saturated rings. The highest BCUT2D eigenvalue weighted by Gasteiger charge is 2.13. The maximum Gasteiger partial charge on any atom is 0.239 e. The Hall–Kier alpha value is -1.69. The van der Waals surface area contributed by atoms with E-state index in [2.05, 4.69) is 5.32 Å². The molecule has 1 amide bonds. The summed E-state index contributed by atoms with van der Waals surface area (Å²) >= 11 is 4.76. The number of likely N-dealkylation sites (N-methyl/N-ethyl adjacent to an activating group) is 1. The molecule has 1 aromatic carbocycles. The van der Waals surface area contributed by atoms with Crippen LogP contribution in [0.5, 0.6) is 0 Å². The molecule has 0 aliphatic carbocycles. The van der Waals surface area contributed by atoms with Crippen LogP contribution in [0.3, 0.4) is 0 Å². The molecule has 0 saturated carbocycles. The Bertz CT molecular complexity index is 505. The lowest BCUT2D eigenvalue weighted by atomic mass is 10.1. The van der Waals surface area contributed by atoms with Gasteiger partial charge in [-0.1, -0.05) is 12.2 Å². The van der Waals surface area contributed by atoms with Gasteiger partial charge in [-0.25, -0.2) is 4.39 Å². The molecule has 3 N–H and O–H groups in total. The first-order valence-electron chi connectivity index (χ1n) is 6.48. The summed E-state index contributed by atoms with van der Waals surface area (Å²) in [5, 5.41) is 2.81. The van der Waals surface area contributed by atoms with E-state index in [9.17, 15) is 9.18 Å². The summed E-state index contributed by atoms with van der Waals surface area (Å²) in [5.74, 6) is -0.571. The Labute approximate surface area is 124 Å². The van der Waals surface area contributed by atoms with Crippen molar-refractivity contribution in [2.45, 2.75) is 26.8 Å². The van der Waals surface area contributed by atoms with Gasteiger partial charge in [0.25, 0.3) is 0 Å².